The maximum atomic E-state index is 12.2. The molecule has 1 aromatic carbocycles. The zero-order valence-corrected chi connectivity index (χ0v) is 10.6. The van der Waals surface area contributed by atoms with Crippen molar-refractivity contribution in [2.45, 2.75) is 11.8 Å². The Morgan fingerprint density at radius 2 is 2.00 bits per heavy atom. The molecule has 0 aromatic heterocycles. The molecular weight excluding hydrogens is 236 g/mol. The van der Waals surface area contributed by atoms with E-state index in [1.165, 1.54) is 13.2 Å². The number of benzene rings is 1. The minimum atomic E-state index is -1.52. The molecule has 0 saturated carbocycles. The van der Waals surface area contributed by atoms with Crippen LogP contribution in [0, 0.1) is 0 Å². The molecule has 1 unspecified atom stereocenters. The summed E-state index contributed by atoms with van der Waals surface area (Å²) in [7, 11) is 1.27. The van der Waals surface area contributed by atoms with E-state index in [-0.39, 0.29) is 4.91 Å². The number of carbonyl (C=O) groups is 1. The molecule has 90 valence electrons. The number of rotatable bonds is 4. The van der Waals surface area contributed by atoms with Gasteiger partial charge >= 0.3 is 5.97 Å². The second-order valence-corrected chi connectivity index (χ2v) is 4.58. The lowest BCUT2D eigenvalue weighted by molar-refractivity contribution is -0.135. The van der Waals surface area contributed by atoms with Gasteiger partial charge in [0.15, 0.2) is 4.90 Å². The molecule has 1 rings (SSSR count). The van der Waals surface area contributed by atoms with E-state index in [9.17, 15) is 9.35 Å². The highest BCUT2D eigenvalue weighted by Crippen LogP contribution is 2.19. The maximum absolute atomic E-state index is 12.2. The summed E-state index contributed by atoms with van der Waals surface area (Å²) in [6.07, 6.45) is 4.92. The van der Waals surface area contributed by atoms with Gasteiger partial charge in [0, 0.05) is 17.3 Å². The topological polar surface area (TPSA) is 49.4 Å². The van der Waals surface area contributed by atoms with Gasteiger partial charge in [-0.1, -0.05) is 30.4 Å². The predicted molar refractivity (Wildman–Crippen MR) is 67.8 cm³/mol. The third kappa shape index (κ3) is 3.76. The normalized spacial score (nSPS) is 13.7. The Labute approximate surface area is 104 Å². The van der Waals surface area contributed by atoms with Crippen molar-refractivity contribution in [3.05, 3.63) is 53.5 Å². The van der Waals surface area contributed by atoms with Crippen LogP contribution in [0.1, 0.15) is 6.92 Å². The van der Waals surface area contributed by atoms with Crippen LogP contribution in [-0.2, 0) is 20.7 Å². The fourth-order valence-corrected chi connectivity index (χ4v) is 2.26. The van der Waals surface area contributed by atoms with E-state index >= 15 is 0 Å². The van der Waals surface area contributed by atoms with Gasteiger partial charge < -0.3 is 9.29 Å². The van der Waals surface area contributed by atoms with E-state index in [4.69, 9.17) is 0 Å². The van der Waals surface area contributed by atoms with Gasteiger partial charge in [-0.25, -0.2) is 4.79 Å². The number of methoxy groups -OCH3 is 1. The molecule has 0 aliphatic heterocycles. The van der Waals surface area contributed by atoms with Gasteiger partial charge in [0.1, 0.15) is 0 Å². The predicted octanol–water partition coefficient (Wildman–Crippen LogP) is 2.43. The molecule has 0 amide bonds. The Kier molecular flexibility index (Phi) is 5.52. The minimum absolute atomic E-state index is 0.136. The summed E-state index contributed by atoms with van der Waals surface area (Å²) >= 11 is -1.52. The molecule has 0 radical (unpaired) electrons. The van der Waals surface area contributed by atoms with Crippen LogP contribution < -0.4 is 0 Å². The third-order valence-corrected chi connectivity index (χ3v) is 3.39. The summed E-state index contributed by atoms with van der Waals surface area (Å²) < 4.78 is 16.8. The fourth-order valence-electron chi connectivity index (χ4n) is 1.16. The lowest BCUT2D eigenvalue weighted by Gasteiger charge is -2.10. The van der Waals surface area contributed by atoms with Gasteiger partial charge in [0.05, 0.1) is 7.11 Å². The van der Waals surface area contributed by atoms with E-state index in [0.717, 1.165) is 0 Å². The van der Waals surface area contributed by atoms with E-state index in [1.54, 1.807) is 36.4 Å². The van der Waals surface area contributed by atoms with Crippen molar-refractivity contribution in [3.8, 4) is 0 Å². The lowest BCUT2D eigenvalue weighted by atomic mass is 10.4. The summed E-state index contributed by atoms with van der Waals surface area (Å²) in [5, 5.41) is 0. The third-order valence-electron chi connectivity index (χ3n) is 1.98. The van der Waals surface area contributed by atoms with Gasteiger partial charge in [-0.05, 0) is 19.1 Å². The highest BCUT2D eigenvalue weighted by molar-refractivity contribution is 7.96. The number of carbonyl (C=O) groups excluding carboxylic acids is 1. The SMILES string of the molecule is CC=CC=C(C(=O)OC)[S+]([O-])c1ccccc1. The van der Waals surface area contributed by atoms with E-state index < -0.39 is 17.1 Å². The smallest absolute Gasteiger partial charge is 0.387 e. The largest absolute Gasteiger partial charge is 0.606 e. The van der Waals surface area contributed by atoms with Crippen molar-refractivity contribution >= 4 is 17.1 Å². The Morgan fingerprint density at radius 3 is 2.53 bits per heavy atom. The van der Waals surface area contributed by atoms with Crippen LogP contribution in [0.4, 0.5) is 0 Å². The van der Waals surface area contributed by atoms with Gasteiger partial charge in [-0.2, -0.15) is 0 Å². The van der Waals surface area contributed by atoms with Crippen LogP contribution >= 0.6 is 0 Å². The molecule has 0 bridgehead atoms. The highest BCUT2D eigenvalue weighted by Gasteiger charge is 2.25. The monoisotopic (exact) mass is 250 g/mol. The van der Waals surface area contributed by atoms with Crippen LogP contribution in [0.2, 0.25) is 0 Å². The summed E-state index contributed by atoms with van der Waals surface area (Å²) in [6, 6.07) is 8.80. The van der Waals surface area contributed by atoms with E-state index in [0.29, 0.717) is 4.90 Å². The number of esters is 1. The molecule has 4 heteroatoms. The Hall–Kier alpha value is -1.52. The number of hydrogen-bond donors (Lipinski definition) is 0. The van der Waals surface area contributed by atoms with Gasteiger partial charge in [0.25, 0.3) is 0 Å². The molecule has 0 fully saturated rings. The molecule has 1 aromatic rings. The van der Waals surface area contributed by atoms with Crippen LogP contribution in [0.3, 0.4) is 0 Å². The first-order valence-corrected chi connectivity index (χ1v) is 6.23. The molecule has 0 spiro atoms. The lowest BCUT2D eigenvalue weighted by Crippen LogP contribution is -2.15. The Morgan fingerprint density at radius 1 is 1.35 bits per heavy atom. The van der Waals surface area contributed by atoms with Crippen molar-refractivity contribution in [3.63, 3.8) is 0 Å². The van der Waals surface area contributed by atoms with Crippen molar-refractivity contribution < 1.29 is 14.1 Å². The zero-order valence-electron chi connectivity index (χ0n) is 9.75. The highest BCUT2D eigenvalue weighted by atomic mass is 32.2. The quantitative estimate of drug-likeness (QED) is 0.357. The molecule has 17 heavy (non-hydrogen) atoms. The van der Waals surface area contributed by atoms with E-state index in [2.05, 4.69) is 4.74 Å². The average Bonchev–Trinajstić information content (AvgIpc) is 2.39. The Balaban J connectivity index is 3.03. The summed E-state index contributed by atoms with van der Waals surface area (Å²) in [4.78, 5) is 12.2. The fraction of sp³-hybridized carbons (Fsp3) is 0.154. The molecule has 0 N–H and O–H groups in total. The van der Waals surface area contributed by atoms with Crippen molar-refractivity contribution in [1.29, 1.82) is 0 Å². The molecule has 3 nitrogen and oxygen atoms in total. The molecule has 0 aliphatic rings. The first kappa shape index (κ1) is 13.5. The summed E-state index contributed by atoms with van der Waals surface area (Å²) in [5.74, 6) is -0.578. The van der Waals surface area contributed by atoms with Crippen molar-refractivity contribution in [2.75, 3.05) is 7.11 Å². The van der Waals surface area contributed by atoms with Crippen molar-refractivity contribution in [1.82, 2.24) is 0 Å². The number of ether oxygens (including phenoxy) is 1. The van der Waals surface area contributed by atoms with E-state index in [1.807, 2.05) is 13.0 Å². The zero-order chi connectivity index (χ0) is 12.7. The minimum Gasteiger partial charge on any atom is -0.606 e. The second-order valence-electron chi connectivity index (χ2n) is 3.13. The molecule has 0 aliphatic carbocycles. The first-order valence-electron chi connectivity index (χ1n) is 5.08. The maximum Gasteiger partial charge on any atom is 0.387 e. The summed E-state index contributed by atoms with van der Waals surface area (Å²) in [6.45, 7) is 1.82. The Bertz CT molecular complexity index is 424. The number of hydrogen-bond acceptors (Lipinski definition) is 3. The second kappa shape index (κ2) is 6.93. The molecular formula is C13H14O3S. The van der Waals surface area contributed by atoms with Crippen molar-refractivity contribution in [2.24, 2.45) is 0 Å². The van der Waals surface area contributed by atoms with Gasteiger partial charge in [-0.15, -0.1) is 0 Å². The molecule has 0 heterocycles. The van der Waals surface area contributed by atoms with Crippen LogP contribution in [0.5, 0.6) is 0 Å². The standard InChI is InChI=1S/C13H14O3S/c1-3-4-10-12(13(14)16-2)17(15)11-8-6-5-7-9-11/h3-10H,1-2H3. The van der Waals surface area contributed by atoms with Crippen LogP contribution in [0.15, 0.2) is 58.4 Å². The summed E-state index contributed by atoms with van der Waals surface area (Å²) in [5.41, 5.74) is 0. The number of allylic oxidation sites excluding steroid dienone is 3. The average molecular weight is 250 g/mol. The van der Waals surface area contributed by atoms with Crippen LogP contribution in [-0.4, -0.2) is 17.6 Å². The van der Waals surface area contributed by atoms with Gasteiger partial charge in [0.2, 0.25) is 4.91 Å². The molecule has 0 saturated heterocycles. The van der Waals surface area contributed by atoms with Gasteiger partial charge in [-0.3, -0.25) is 0 Å². The van der Waals surface area contributed by atoms with Crippen LogP contribution in [0.25, 0.3) is 0 Å². The first-order chi connectivity index (χ1) is 8.20. The molecule has 1 atom stereocenters.